The highest BCUT2D eigenvalue weighted by Gasteiger charge is 2.30. The van der Waals surface area contributed by atoms with Crippen molar-refractivity contribution in [2.75, 3.05) is 11.1 Å². The first-order chi connectivity index (χ1) is 8.91. The average molecular weight is 266 g/mol. The average Bonchev–Trinajstić information content (AvgIpc) is 2.65. The minimum atomic E-state index is -1.21. The molecule has 3 atom stereocenters. The normalized spacial score (nSPS) is 26.4. The molecule has 5 heteroatoms. The van der Waals surface area contributed by atoms with Gasteiger partial charge in [-0.3, -0.25) is 0 Å². The highest BCUT2D eigenvalue weighted by molar-refractivity contribution is 6.00. The van der Waals surface area contributed by atoms with Crippen molar-refractivity contribution in [3.63, 3.8) is 0 Å². The van der Waals surface area contributed by atoms with Crippen molar-refractivity contribution < 1.29 is 14.3 Å². The fourth-order valence-corrected chi connectivity index (χ4v) is 2.71. The number of benzene rings is 1. The predicted octanol–water partition coefficient (Wildman–Crippen LogP) is 2.95. The van der Waals surface area contributed by atoms with E-state index < -0.39 is 11.8 Å². The predicted molar refractivity (Wildman–Crippen MR) is 72.7 cm³/mol. The molecule has 0 heterocycles. The lowest BCUT2D eigenvalue weighted by Gasteiger charge is -2.22. The minimum absolute atomic E-state index is 0.174. The number of carboxylic acids is 1. The molecule has 4 nitrogen and oxygen atoms in total. The van der Waals surface area contributed by atoms with Crippen LogP contribution in [0.1, 0.15) is 37.0 Å². The summed E-state index contributed by atoms with van der Waals surface area (Å²) < 4.78 is 13.4. The van der Waals surface area contributed by atoms with Crippen LogP contribution in [-0.2, 0) is 0 Å². The van der Waals surface area contributed by atoms with Gasteiger partial charge in [-0.2, -0.15) is 0 Å². The molecule has 104 valence electrons. The van der Waals surface area contributed by atoms with E-state index in [1.807, 2.05) is 0 Å². The van der Waals surface area contributed by atoms with E-state index in [-0.39, 0.29) is 17.3 Å². The van der Waals surface area contributed by atoms with Gasteiger partial charge in [-0.15, -0.1) is 0 Å². The number of halogens is 1. The zero-order chi connectivity index (χ0) is 14.2. The fraction of sp³-hybridized carbons (Fsp3) is 0.500. The van der Waals surface area contributed by atoms with Gasteiger partial charge in [0, 0.05) is 6.04 Å². The second-order valence-corrected chi connectivity index (χ2v) is 5.35. The molecule has 4 N–H and O–H groups in total. The van der Waals surface area contributed by atoms with Crippen LogP contribution in [0.5, 0.6) is 0 Å². The summed E-state index contributed by atoms with van der Waals surface area (Å²) in [5.41, 5.74) is 5.44. The lowest BCUT2D eigenvalue weighted by molar-refractivity contribution is 0.0698. The van der Waals surface area contributed by atoms with Gasteiger partial charge in [0.15, 0.2) is 0 Å². The Bertz CT molecular complexity index is 504. The molecule has 1 aliphatic rings. The van der Waals surface area contributed by atoms with Crippen LogP contribution in [0.2, 0.25) is 0 Å². The molecule has 0 bridgehead atoms. The second-order valence-electron chi connectivity index (χ2n) is 5.35. The van der Waals surface area contributed by atoms with E-state index in [0.29, 0.717) is 17.5 Å². The summed E-state index contributed by atoms with van der Waals surface area (Å²) in [4.78, 5) is 11.2. The lowest BCUT2D eigenvalue weighted by Crippen LogP contribution is -2.25. The van der Waals surface area contributed by atoms with Crippen LogP contribution in [0.3, 0.4) is 0 Å². The van der Waals surface area contributed by atoms with Crippen LogP contribution in [0.25, 0.3) is 0 Å². The van der Waals surface area contributed by atoms with Crippen LogP contribution < -0.4 is 11.1 Å². The molecule has 0 aliphatic heterocycles. The van der Waals surface area contributed by atoms with Crippen molar-refractivity contribution >= 4 is 17.3 Å². The third-order valence-corrected chi connectivity index (χ3v) is 4.21. The maximum atomic E-state index is 13.4. The molecule has 2 rings (SSSR count). The minimum Gasteiger partial charge on any atom is -0.478 e. The van der Waals surface area contributed by atoms with E-state index in [0.717, 1.165) is 12.8 Å². The number of anilines is 2. The van der Waals surface area contributed by atoms with Gasteiger partial charge in [0.1, 0.15) is 11.4 Å². The number of carbonyl (C=O) groups is 1. The molecule has 3 unspecified atom stereocenters. The molecular weight excluding hydrogens is 247 g/mol. The van der Waals surface area contributed by atoms with E-state index >= 15 is 0 Å². The van der Waals surface area contributed by atoms with E-state index in [1.54, 1.807) is 0 Å². The molecule has 0 spiro atoms. The number of rotatable bonds is 3. The Balaban J connectivity index is 2.30. The van der Waals surface area contributed by atoms with Gasteiger partial charge in [0.25, 0.3) is 0 Å². The van der Waals surface area contributed by atoms with Crippen molar-refractivity contribution in [3.8, 4) is 0 Å². The highest BCUT2D eigenvalue weighted by Crippen LogP contribution is 2.35. The number of nitrogens with one attached hydrogen (secondary N) is 1. The van der Waals surface area contributed by atoms with Gasteiger partial charge in [0.2, 0.25) is 0 Å². The maximum Gasteiger partial charge on any atom is 0.340 e. The molecule has 1 aliphatic carbocycles. The van der Waals surface area contributed by atoms with Crippen molar-refractivity contribution in [1.29, 1.82) is 0 Å². The summed E-state index contributed by atoms with van der Waals surface area (Å²) in [6, 6.07) is 2.86. The second kappa shape index (κ2) is 5.07. The highest BCUT2D eigenvalue weighted by atomic mass is 19.1. The standard InChI is InChI=1S/C14H19FN2O2/c1-7-3-5-10(8(7)2)17-11-6-4-9(15)13(16)12(11)14(18)19/h4,6-8,10,17H,3,5,16H2,1-2H3,(H,18,19). The molecule has 19 heavy (non-hydrogen) atoms. The summed E-state index contributed by atoms with van der Waals surface area (Å²) in [5.74, 6) is -0.856. The first-order valence-electron chi connectivity index (χ1n) is 6.49. The van der Waals surface area contributed by atoms with Gasteiger partial charge in [-0.25, -0.2) is 9.18 Å². The van der Waals surface area contributed by atoms with Gasteiger partial charge in [-0.05, 0) is 36.8 Å². The number of nitrogens with two attached hydrogens (primary N) is 1. The number of hydrogen-bond donors (Lipinski definition) is 3. The van der Waals surface area contributed by atoms with Crippen LogP contribution in [0, 0.1) is 17.7 Å². The van der Waals surface area contributed by atoms with Crippen LogP contribution in [-0.4, -0.2) is 17.1 Å². The Morgan fingerprint density at radius 2 is 2.11 bits per heavy atom. The van der Waals surface area contributed by atoms with Gasteiger partial charge >= 0.3 is 5.97 Å². The zero-order valence-electron chi connectivity index (χ0n) is 11.1. The fourth-order valence-electron chi connectivity index (χ4n) is 2.71. The van der Waals surface area contributed by atoms with Crippen molar-refractivity contribution in [2.45, 2.75) is 32.7 Å². The Kier molecular flexibility index (Phi) is 3.64. The zero-order valence-corrected chi connectivity index (χ0v) is 11.1. The molecule has 0 radical (unpaired) electrons. The van der Waals surface area contributed by atoms with Gasteiger partial charge < -0.3 is 16.2 Å². The molecule has 1 aromatic carbocycles. The third-order valence-electron chi connectivity index (χ3n) is 4.21. The van der Waals surface area contributed by atoms with E-state index in [1.165, 1.54) is 12.1 Å². The summed E-state index contributed by atoms with van der Waals surface area (Å²) >= 11 is 0. The molecule has 0 saturated heterocycles. The topological polar surface area (TPSA) is 75.3 Å². The molecule has 1 fully saturated rings. The smallest absolute Gasteiger partial charge is 0.340 e. The Labute approximate surface area is 111 Å². The van der Waals surface area contributed by atoms with Crippen LogP contribution >= 0.6 is 0 Å². The number of hydrogen-bond acceptors (Lipinski definition) is 3. The number of nitrogen functional groups attached to an aromatic ring is 1. The van der Waals surface area contributed by atoms with Crippen molar-refractivity contribution in [2.24, 2.45) is 11.8 Å². The monoisotopic (exact) mass is 266 g/mol. The molecular formula is C14H19FN2O2. The summed E-state index contributed by atoms with van der Waals surface area (Å²) in [7, 11) is 0. The first-order valence-corrected chi connectivity index (χ1v) is 6.49. The van der Waals surface area contributed by atoms with Crippen molar-refractivity contribution in [1.82, 2.24) is 0 Å². The van der Waals surface area contributed by atoms with Crippen LogP contribution in [0.4, 0.5) is 15.8 Å². The van der Waals surface area contributed by atoms with E-state index in [2.05, 4.69) is 19.2 Å². The third kappa shape index (κ3) is 2.50. The van der Waals surface area contributed by atoms with Crippen LogP contribution in [0.15, 0.2) is 12.1 Å². The SMILES string of the molecule is CC1CCC(Nc2ccc(F)c(N)c2C(=O)O)C1C. The summed E-state index contributed by atoms with van der Waals surface area (Å²) in [6.45, 7) is 4.33. The van der Waals surface area contributed by atoms with Gasteiger partial charge in [-0.1, -0.05) is 13.8 Å². The quantitative estimate of drug-likeness (QED) is 0.735. The molecule has 1 aromatic rings. The molecule has 0 amide bonds. The van der Waals surface area contributed by atoms with E-state index in [9.17, 15) is 14.3 Å². The molecule has 1 saturated carbocycles. The largest absolute Gasteiger partial charge is 0.478 e. The summed E-state index contributed by atoms with van der Waals surface area (Å²) in [6.07, 6.45) is 2.09. The van der Waals surface area contributed by atoms with E-state index in [4.69, 9.17) is 5.73 Å². The number of aromatic carboxylic acids is 1. The van der Waals surface area contributed by atoms with Gasteiger partial charge in [0.05, 0.1) is 11.4 Å². The Hall–Kier alpha value is -1.78. The Morgan fingerprint density at radius 3 is 2.63 bits per heavy atom. The molecule has 0 aromatic heterocycles. The summed E-state index contributed by atoms with van der Waals surface area (Å²) in [5, 5.41) is 12.4. The number of carboxylic acid groups (broad SMARTS) is 1. The Morgan fingerprint density at radius 1 is 1.42 bits per heavy atom. The lowest BCUT2D eigenvalue weighted by atomic mass is 9.97. The first kappa shape index (κ1) is 13.6. The van der Waals surface area contributed by atoms with Crippen molar-refractivity contribution in [3.05, 3.63) is 23.5 Å². The maximum absolute atomic E-state index is 13.4.